The average Bonchev–Trinajstić information content (AvgIpc) is 3.11. The van der Waals surface area contributed by atoms with Crippen LogP contribution in [0, 0.1) is 5.92 Å². The van der Waals surface area contributed by atoms with Gasteiger partial charge in [-0.05, 0) is 67.8 Å². The molecule has 8 heteroatoms. The third-order valence-electron chi connectivity index (χ3n) is 5.25. The number of hydrazone groups is 1. The molecule has 0 spiro atoms. The molecule has 2 aromatic rings. The molecule has 6 nitrogen and oxygen atoms in total. The minimum absolute atomic E-state index is 0.105. The number of fused-ring (bicyclic) bond motifs is 1. The standard InChI is InChI=1S/C21H20Br2N4O2/c22-15-9-5-13(6-10-15)20(28)25-24-19-17-3-1-2-4-18(17)26-27(19)21(29)14-7-11-16(23)12-8-14/h5-12,17,19,24H,1-4H2,(H,25,28)/t17-,19-/m0/s1. The zero-order valence-corrected chi connectivity index (χ0v) is 18.7. The van der Waals surface area contributed by atoms with Gasteiger partial charge in [-0.25, -0.2) is 10.4 Å². The molecule has 1 saturated carbocycles. The molecule has 2 atom stereocenters. The molecule has 2 aromatic carbocycles. The molecular formula is C21H20Br2N4O2. The summed E-state index contributed by atoms with van der Waals surface area (Å²) in [6, 6.07) is 14.3. The van der Waals surface area contributed by atoms with Crippen LogP contribution < -0.4 is 10.9 Å². The summed E-state index contributed by atoms with van der Waals surface area (Å²) in [6.07, 6.45) is 3.58. The van der Waals surface area contributed by atoms with Gasteiger partial charge >= 0.3 is 0 Å². The zero-order valence-electron chi connectivity index (χ0n) is 15.6. The van der Waals surface area contributed by atoms with Gasteiger partial charge in [0.05, 0.1) is 0 Å². The van der Waals surface area contributed by atoms with Crippen LogP contribution in [0.5, 0.6) is 0 Å². The van der Waals surface area contributed by atoms with Crippen LogP contribution in [-0.2, 0) is 0 Å². The summed E-state index contributed by atoms with van der Waals surface area (Å²) in [6.45, 7) is 0. The van der Waals surface area contributed by atoms with E-state index in [1.54, 1.807) is 24.3 Å². The Balaban J connectivity index is 1.52. The maximum atomic E-state index is 13.1. The minimum atomic E-state index is -0.402. The van der Waals surface area contributed by atoms with Gasteiger partial charge in [0.2, 0.25) is 0 Å². The van der Waals surface area contributed by atoms with Crippen molar-refractivity contribution in [3.05, 3.63) is 68.6 Å². The average molecular weight is 520 g/mol. The van der Waals surface area contributed by atoms with Crippen molar-refractivity contribution in [2.75, 3.05) is 0 Å². The van der Waals surface area contributed by atoms with Crippen LogP contribution in [-0.4, -0.2) is 28.7 Å². The third-order valence-corrected chi connectivity index (χ3v) is 6.30. The van der Waals surface area contributed by atoms with Crippen LogP contribution in [0.2, 0.25) is 0 Å². The first kappa shape index (κ1) is 20.3. The molecule has 0 bridgehead atoms. The number of rotatable bonds is 4. The monoisotopic (exact) mass is 518 g/mol. The molecule has 2 N–H and O–H groups in total. The molecule has 0 radical (unpaired) electrons. The number of nitrogens with one attached hydrogen (secondary N) is 2. The van der Waals surface area contributed by atoms with Crippen LogP contribution in [0.15, 0.2) is 62.6 Å². The first-order valence-electron chi connectivity index (χ1n) is 9.51. The molecule has 29 heavy (non-hydrogen) atoms. The van der Waals surface area contributed by atoms with Crippen LogP contribution in [0.25, 0.3) is 0 Å². The van der Waals surface area contributed by atoms with Crippen LogP contribution >= 0.6 is 31.9 Å². The number of halogens is 2. The summed E-state index contributed by atoms with van der Waals surface area (Å²) in [7, 11) is 0. The number of hydrazine groups is 1. The van der Waals surface area contributed by atoms with Gasteiger partial charge in [-0.1, -0.05) is 38.3 Å². The van der Waals surface area contributed by atoms with Crippen molar-refractivity contribution in [2.24, 2.45) is 11.0 Å². The van der Waals surface area contributed by atoms with Crippen LogP contribution in [0.3, 0.4) is 0 Å². The largest absolute Gasteiger partial charge is 0.285 e. The third kappa shape index (κ3) is 4.44. The molecule has 1 aliphatic heterocycles. The molecule has 1 aliphatic carbocycles. The van der Waals surface area contributed by atoms with Crippen molar-refractivity contribution < 1.29 is 9.59 Å². The van der Waals surface area contributed by atoms with Gasteiger partial charge in [0.15, 0.2) is 0 Å². The maximum absolute atomic E-state index is 13.1. The van der Waals surface area contributed by atoms with Crippen molar-refractivity contribution in [1.82, 2.24) is 15.9 Å². The topological polar surface area (TPSA) is 73.8 Å². The highest BCUT2D eigenvalue weighted by molar-refractivity contribution is 9.10. The summed E-state index contributed by atoms with van der Waals surface area (Å²) in [5, 5.41) is 6.10. The van der Waals surface area contributed by atoms with E-state index in [2.05, 4.69) is 47.8 Å². The Labute approximate surface area is 186 Å². The summed E-state index contributed by atoms with van der Waals surface area (Å²) in [4.78, 5) is 25.6. The molecule has 1 heterocycles. The van der Waals surface area contributed by atoms with E-state index < -0.39 is 6.17 Å². The molecule has 0 aromatic heterocycles. The number of hydrogen-bond donors (Lipinski definition) is 2. The quantitative estimate of drug-likeness (QED) is 0.585. The van der Waals surface area contributed by atoms with Gasteiger partial charge < -0.3 is 0 Å². The molecule has 4 rings (SSSR count). The Morgan fingerprint density at radius 3 is 2.21 bits per heavy atom. The molecular weight excluding hydrogens is 500 g/mol. The van der Waals surface area contributed by atoms with Crippen molar-refractivity contribution in [2.45, 2.75) is 31.8 Å². The van der Waals surface area contributed by atoms with Gasteiger partial charge in [0.25, 0.3) is 11.8 Å². The SMILES string of the molecule is O=C(NN[C@@H]1[C@H]2CCCCC2=NN1C(=O)c1ccc(Br)cc1)c1ccc(Br)cc1. The Kier molecular flexibility index (Phi) is 6.12. The summed E-state index contributed by atoms with van der Waals surface area (Å²) in [5.41, 5.74) is 7.95. The summed E-state index contributed by atoms with van der Waals surface area (Å²) >= 11 is 6.76. The van der Waals surface area contributed by atoms with Crippen molar-refractivity contribution >= 4 is 49.4 Å². The predicted molar refractivity (Wildman–Crippen MR) is 118 cm³/mol. The van der Waals surface area contributed by atoms with E-state index in [9.17, 15) is 9.59 Å². The van der Waals surface area contributed by atoms with Crippen LogP contribution in [0.4, 0.5) is 0 Å². The second-order valence-corrected chi connectivity index (χ2v) is 8.98. The van der Waals surface area contributed by atoms with E-state index >= 15 is 0 Å². The van der Waals surface area contributed by atoms with Gasteiger partial charge in [-0.3, -0.25) is 15.0 Å². The number of benzene rings is 2. The fourth-order valence-electron chi connectivity index (χ4n) is 3.73. The molecule has 0 saturated heterocycles. The second-order valence-electron chi connectivity index (χ2n) is 7.15. The lowest BCUT2D eigenvalue weighted by atomic mass is 9.86. The van der Waals surface area contributed by atoms with E-state index in [0.717, 1.165) is 40.3 Å². The first-order chi connectivity index (χ1) is 14.0. The van der Waals surface area contributed by atoms with E-state index in [1.165, 1.54) is 5.01 Å². The minimum Gasteiger partial charge on any atom is -0.285 e. The Hall–Kier alpha value is -2.03. The number of carbonyl (C=O) groups excluding carboxylic acids is 2. The van der Waals surface area contributed by atoms with Crippen molar-refractivity contribution in [3.63, 3.8) is 0 Å². The zero-order chi connectivity index (χ0) is 20.4. The molecule has 0 unspecified atom stereocenters. The van der Waals surface area contributed by atoms with Gasteiger partial charge in [0.1, 0.15) is 6.17 Å². The number of nitrogens with zero attached hydrogens (tertiary/aromatic N) is 2. The van der Waals surface area contributed by atoms with Gasteiger partial charge in [0, 0.05) is 31.7 Å². The van der Waals surface area contributed by atoms with Gasteiger partial charge in [-0.2, -0.15) is 5.10 Å². The van der Waals surface area contributed by atoms with E-state index in [0.29, 0.717) is 11.1 Å². The first-order valence-corrected chi connectivity index (χ1v) is 11.1. The number of carbonyl (C=O) groups is 2. The predicted octanol–water partition coefficient (Wildman–Crippen LogP) is 4.47. The molecule has 150 valence electrons. The highest BCUT2D eigenvalue weighted by Gasteiger charge is 2.41. The molecule has 2 amide bonds. The molecule has 1 fully saturated rings. The lowest BCUT2D eigenvalue weighted by molar-refractivity contribution is 0.0598. The van der Waals surface area contributed by atoms with Gasteiger partial charge in [-0.15, -0.1) is 0 Å². The Morgan fingerprint density at radius 2 is 1.55 bits per heavy atom. The fraction of sp³-hybridized carbons (Fsp3) is 0.286. The smallest absolute Gasteiger partial charge is 0.275 e. The normalized spacial score (nSPS) is 20.8. The lowest BCUT2D eigenvalue weighted by Gasteiger charge is -2.29. The Morgan fingerprint density at radius 1 is 0.931 bits per heavy atom. The van der Waals surface area contributed by atoms with Crippen LogP contribution in [0.1, 0.15) is 46.4 Å². The van der Waals surface area contributed by atoms with E-state index in [-0.39, 0.29) is 17.7 Å². The number of amides is 2. The second kappa shape index (κ2) is 8.77. The Bertz CT molecular complexity index is 944. The number of hydrogen-bond acceptors (Lipinski definition) is 4. The molecule has 2 aliphatic rings. The van der Waals surface area contributed by atoms with E-state index in [4.69, 9.17) is 0 Å². The maximum Gasteiger partial charge on any atom is 0.275 e. The fourth-order valence-corrected chi connectivity index (χ4v) is 4.26. The highest BCUT2D eigenvalue weighted by atomic mass is 79.9. The van der Waals surface area contributed by atoms with E-state index in [1.807, 2.05) is 24.3 Å². The summed E-state index contributed by atoms with van der Waals surface area (Å²) in [5.74, 6) is -0.332. The summed E-state index contributed by atoms with van der Waals surface area (Å²) < 4.78 is 1.82. The highest BCUT2D eigenvalue weighted by Crippen LogP contribution is 2.32. The van der Waals surface area contributed by atoms with Crippen molar-refractivity contribution in [3.8, 4) is 0 Å². The lowest BCUT2D eigenvalue weighted by Crippen LogP contribution is -2.55. The van der Waals surface area contributed by atoms with Crippen molar-refractivity contribution in [1.29, 1.82) is 0 Å².